The molecular formula is C22H23N3O4S. The maximum atomic E-state index is 12.4. The molecule has 0 atom stereocenters. The van der Waals surface area contributed by atoms with E-state index in [-0.39, 0.29) is 5.75 Å². The number of benzene rings is 3. The van der Waals surface area contributed by atoms with E-state index in [9.17, 15) is 18.3 Å². The lowest BCUT2D eigenvalue weighted by atomic mass is 10.0. The van der Waals surface area contributed by atoms with Gasteiger partial charge in [-0.2, -0.15) is 5.10 Å². The minimum Gasteiger partial charge on any atom is -0.507 e. The Bertz CT molecular complexity index is 1240. The maximum Gasteiger partial charge on any atom is 0.260 e. The number of carbonyl (C=O) groups is 1. The highest BCUT2D eigenvalue weighted by atomic mass is 32.2. The average Bonchev–Trinajstić information content (AvgIpc) is 2.67. The third kappa shape index (κ3) is 4.77. The van der Waals surface area contributed by atoms with Crippen LogP contribution < -0.4 is 9.73 Å². The predicted molar refractivity (Wildman–Crippen MR) is 119 cm³/mol. The van der Waals surface area contributed by atoms with E-state index in [1.165, 1.54) is 6.21 Å². The Morgan fingerprint density at radius 2 is 1.87 bits per heavy atom. The molecule has 0 unspecified atom stereocenters. The number of hydrogen-bond acceptors (Lipinski definition) is 5. The molecule has 0 saturated heterocycles. The predicted octanol–water partition coefficient (Wildman–Crippen LogP) is 3.08. The van der Waals surface area contributed by atoms with E-state index in [4.69, 9.17) is 0 Å². The highest BCUT2D eigenvalue weighted by Crippen LogP contribution is 2.25. The number of rotatable bonds is 6. The lowest BCUT2D eigenvalue weighted by Crippen LogP contribution is -2.39. The van der Waals surface area contributed by atoms with Crippen LogP contribution in [0, 0.1) is 13.8 Å². The number of amides is 1. The van der Waals surface area contributed by atoms with Crippen molar-refractivity contribution >= 4 is 38.6 Å². The first-order chi connectivity index (χ1) is 14.2. The number of phenolic OH excluding ortho intramolecular Hbond substituents is 1. The summed E-state index contributed by atoms with van der Waals surface area (Å²) in [7, 11) is -3.68. The summed E-state index contributed by atoms with van der Waals surface area (Å²) < 4.78 is 25.6. The molecule has 0 radical (unpaired) electrons. The molecule has 7 nitrogen and oxygen atoms in total. The van der Waals surface area contributed by atoms with Crippen LogP contribution in [0.3, 0.4) is 0 Å². The first-order valence-electron chi connectivity index (χ1n) is 9.24. The summed E-state index contributed by atoms with van der Waals surface area (Å²) in [5, 5.41) is 15.7. The van der Waals surface area contributed by atoms with Gasteiger partial charge in [0.1, 0.15) is 12.3 Å². The number of phenols is 1. The number of nitrogens with one attached hydrogen (secondary N) is 1. The van der Waals surface area contributed by atoms with Crippen LogP contribution in [0.1, 0.15) is 16.7 Å². The average molecular weight is 426 g/mol. The van der Waals surface area contributed by atoms with Gasteiger partial charge in [0.25, 0.3) is 5.91 Å². The van der Waals surface area contributed by atoms with E-state index in [0.29, 0.717) is 11.3 Å². The summed E-state index contributed by atoms with van der Waals surface area (Å²) >= 11 is 0. The maximum absolute atomic E-state index is 12.4. The monoisotopic (exact) mass is 425 g/mol. The molecule has 0 fully saturated rings. The quantitative estimate of drug-likeness (QED) is 0.468. The largest absolute Gasteiger partial charge is 0.507 e. The molecule has 156 valence electrons. The third-order valence-corrected chi connectivity index (χ3v) is 5.77. The van der Waals surface area contributed by atoms with E-state index < -0.39 is 22.5 Å². The Balaban J connectivity index is 1.80. The van der Waals surface area contributed by atoms with Gasteiger partial charge in [0.05, 0.1) is 18.2 Å². The van der Waals surface area contributed by atoms with Crippen molar-refractivity contribution in [3.8, 4) is 5.75 Å². The van der Waals surface area contributed by atoms with Crippen molar-refractivity contribution in [1.29, 1.82) is 0 Å². The molecule has 0 spiro atoms. The zero-order valence-electron chi connectivity index (χ0n) is 17.0. The van der Waals surface area contributed by atoms with Gasteiger partial charge < -0.3 is 5.11 Å². The van der Waals surface area contributed by atoms with Crippen molar-refractivity contribution < 1.29 is 18.3 Å². The van der Waals surface area contributed by atoms with Gasteiger partial charge in [0.2, 0.25) is 10.0 Å². The second kappa shape index (κ2) is 8.54. The fourth-order valence-electron chi connectivity index (χ4n) is 3.22. The van der Waals surface area contributed by atoms with Gasteiger partial charge in [-0.15, -0.1) is 0 Å². The van der Waals surface area contributed by atoms with Crippen molar-refractivity contribution in [2.45, 2.75) is 13.8 Å². The number of carbonyl (C=O) groups excluding carboxylic acids is 1. The molecule has 3 aromatic carbocycles. The zero-order valence-corrected chi connectivity index (χ0v) is 17.8. The molecular weight excluding hydrogens is 402 g/mol. The molecule has 8 heteroatoms. The standard InChI is InChI=1S/C22H23N3O4S/c1-15-8-10-20(16(2)12-15)25(30(3,28)29)14-22(27)24-23-13-19-18-7-5-4-6-17(18)9-11-21(19)26/h4-13,26H,14H2,1-3H3,(H,24,27)/b23-13-. The molecule has 0 aliphatic carbocycles. The Kier molecular flexibility index (Phi) is 6.07. The highest BCUT2D eigenvalue weighted by molar-refractivity contribution is 7.92. The lowest BCUT2D eigenvalue weighted by molar-refractivity contribution is -0.119. The minimum absolute atomic E-state index is 0.0275. The Hall–Kier alpha value is -3.39. The van der Waals surface area contributed by atoms with Crippen molar-refractivity contribution in [3.05, 3.63) is 71.3 Å². The van der Waals surface area contributed by atoms with Gasteiger partial charge in [-0.3, -0.25) is 9.10 Å². The van der Waals surface area contributed by atoms with Crippen LogP contribution in [0.5, 0.6) is 5.75 Å². The molecule has 0 saturated carbocycles. The highest BCUT2D eigenvalue weighted by Gasteiger charge is 2.22. The van der Waals surface area contributed by atoms with Gasteiger partial charge in [0, 0.05) is 5.56 Å². The number of fused-ring (bicyclic) bond motifs is 1. The molecule has 0 aliphatic rings. The topological polar surface area (TPSA) is 99.1 Å². The van der Waals surface area contributed by atoms with Crippen LogP contribution in [-0.4, -0.2) is 38.4 Å². The minimum atomic E-state index is -3.68. The third-order valence-electron chi connectivity index (χ3n) is 4.64. The van der Waals surface area contributed by atoms with Crippen molar-refractivity contribution in [1.82, 2.24) is 5.43 Å². The molecule has 3 rings (SSSR count). The number of hydrogen-bond donors (Lipinski definition) is 2. The van der Waals surface area contributed by atoms with E-state index in [2.05, 4.69) is 10.5 Å². The number of sulfonamides is 1. The Labute approximate surface area is 175 Å². The van der Waals surface area contributed by atoms with Crippen molar-refractivity contribution in [2.24, 2.45) is 5.10 Å². The fraction of sp³-hybridized carbons (Fsp3) is 0.182. The smallest absolute Gasteiger partial charge is 0.260 e. The second-order valence-electron chi connectivity index (χ2n) is 7.07. The van der Waals surface area contributed by atoms with Gasteiger partial charge in [0.15, 0.2) is 0 Å². The van der Waals surface area contributed by atoms with Crippen LogP contribution in [0.15, 0.2) is 59.7 Å². The SMILES string of the molecule is Cc1ccc(N(CC(=O)N/N=C\c2c(O)ccc3ccccc23)S(C)(=O)=O)c(C)c1. The van der Waals surface area contributed by atoms with Crippen molar-refractivity contribution in [3.63, 3.8) is 0 Å². The summed E-state index contributed by atoms with van der Waals surface area (Å²) in [5.41, 5.74) is 4.98. The Morgan fingerprint density at radius 3 is 2.57 bits per heavy atom. The number of hydrazone groups is 1. The molecule has 0 aromatic heterocycles. The van der Waals surface area contributed by atoms with Crippen LogP contribution in [0.4, 0.5) is 5.69 Å². The van der Waals surface area contributed by atoms with Gasteiger partial charge in [-0.25, -0.2) is 13.8 Å². The first-order valence-corrected chi connectivity index (χ1v) is 11.1. The fourth-order valence-corrected chi connectivity index (χ4v) is 4.13. The summed E-state index contributed by atoms with van der Waals surface area (Å²) in [6.45, 7) is 3.28. The van der Waals surface area contributed by atoms with Gasteiger partial charge >= 0.3 is 0 Å². The summed E-state index contributed by atoms with van der Waals surface area (Å²) in [4.78, 5) is 12.4. The van der Waals surface area contributed by atoms with Gasteiger partial charge in [-0.05, 0) is 42.3 Å². The number of anilines is 1. The molecule has 3 aromatic rings. The number of nitrogens with zero attached hydrogens (tertiary/aromatic N) is 2. The number of aromatic hydroxyl groups is 1. The van der Waals surface area contributed by atoms with Gasteiger partial charge in [-0.1, -0.05) is 48.0 Å². The molecule has 0 bridgehead atoms. The number of aryl methyl sites for hydroxylation is 2. The van der Waals surface area contributed by atoms with E-state index in [1.54, 1.807) is 31.2 Å². The molecule has 1 amide bonds. The molecule has 2 N–H and O–H groups in total. The lowest BCUT2D eigenvalue weighted by Gasteiger charge is -2.23. The van der Waals surface area contributed by atoms with E-state index in [1.807, 2.05) is 37.3 Å². The first kappa shape index (κ1) is 21.3. The Morgan fingerprint density at radius 1 is 1.13 bits per heavy atom. The second-order valence-corrected chi connectivity index (χ2v) is 8.98. The van der Waals surface area contributed by atoms with E-state index in [0.717, 1.165) is 32.5 Å². The molecule has 0 aliphatic heterocycles. The van der Waals surface area contributed by atoms with E-state index >= 15 is 0 Å². The summed E-state index contributed by atoms with van der Waals surface area (Å²) in [6, 6.07) is 16.1. The summed E-state index contributed by atoms with van der Waals surface area (Å²) in [6.07, 6.45) is 2.40. The van der Waals surface area contributed by atoms with Crippen LogP contribution in [-0.2, 0) is 14.8 Å². The van der Waals surface area contributed by atoms with Crippen LogP contribution in [0.2, 0.25) is 0 Å². The zero-order chi connectivity index (χ0) is 21.9. The van der Waals surface area contributed by atoms with Crippen LogP contribution in [0.25, 0.3) is 10.8 Å². The van der Waals surface area contributed by atoms with Crippen LogP contribution >= 0.6 is 0 Å². The summed E-state index contributed by atoms with van der Waals surface area (Å²) in [5.74, 6) is -0.573. The molecule has 0 heterocycles. The molecule has 30 heavy (non-hydrogen) atoms. The van der Waals surface area contributed by atoms with Crippen molar-refractivity contribution in [2.75, 3.05) is 17.1 Å². The normalized spacial score (nSPS) is 11.7.